The van der Waals surface area contributed by atoms with E-state index in [1.807, 2.05) is 13.8 Å². The van der Waals surface area contributed by atoms with Gasteiger partial charge >= 0.3 is 0 Å². The standard InChI is InChI=1S/C7H15N.C2H6/c1-3-5-7(4-2)6-8-7;1-2/h8H,3-6H2,1-2H3;1-2H3. The van der Waals surface area contributed by atoms with Gasteiger partial charge in [0.25, 0.3) is 0 Å². The Morgan fingerprint density at radius 2 is 1.80 bits per heavy atom. The predicted molar refractivity (Wildman–Crippen MR) is 47.3 cm³/mol. The third kappa shape index (κ3) is 2.70. The van der Waals surface area contributed by atoms with Crippen LogP contribution in [0.15, 0.2) is 0 Å². The average molecular weight is 143 g/mol. The molecule has 1 aliphatic rings. The van der Waals surface area contributed by atoms with Crippen LogP contribution in [-0.4, -0.2) is 12.1 Å². The summed E-state index contributed by atoms with van der Waals surface area (Å²) in [5, 5.41) is 3.40. The number of hydrogen-bond acceptors (Lipinski definition) is 1. The minimum atomic E-state index is 0.592. The van der Waals surface area contributed by atoms with E-state index in [2.05, 4.69) is 19.2 Å². The van der Waals surface area contributed by atoms with E-state index in [-0.39, 0.29) is 0 Å². The van der Waals surface area contributed by atoms with E-state index in [4.69, 9.17) is 0 Å². The van der Waals surface area contributed by atoms with Gasteiger partial charge in [0.15, 0.2) is 0 Å². The zero-order chi connectivity index (χ0) is 8.04. The number of rotatable bonds is 3. The highest BCUT2D eigenvalue weighted by atomic mass is 15.2. The van der Waals surface area contributed by atoms with Gasteiger partial charge in [-0.1, -0.05) is 34.1 Å². The molecule has 0 aromatic heterocycles. The molecule has 0 aromatic rings. The van der Waals surface area contributed by atoms with Crippen LogP contribution in [0.5, 0.6) is 0 Å². The van der Waals surface area contributed by atoms with E-state index >= 15 is 0 Å². The molecule has 1 heterocycles. The van der Waals surface area contributed by atoms with Gasteiger partial charge in [-0.2, -0.15) is 0 Å². The lowest BCUT2D eigenvalue weighted by Crippen LogP contribution is -2.12. The Labute approximate surface area is 65.2 Å². The highest BCUT2D eigenvalue weighted by Crippen LogP contribution is 2.26. The second-order valence-corrected chi connectivity index (χ2v) is 2.74. The summed E-state index contributed by atoms with van der Waals surface area (Å²) in [6, 6.07) is 0. The molecular weight excluding hydrogens is 122 g/mol. The molecule has 62 valence electrons. The van der Waals surface area contributed by atoms with Gasteiger partial charge in [-0.3, -0.25) is 0 Å². The van der Waals surface area contributed by atoms with E-state index in [0.717, 1.165) is 0 Å². The monoisotopic (exact) mass is 143 g/mol. The summed E-state index contributed by atoms with van der Waals surface area (Å²) in [7, 11) is 0. The van der Waals surface area contributed by atoms with Crippen molar-refractivity contribution < 1.29 is 0 Å². The van der Waals surface area contributed by atoms with Gasteiger partial charge in [0.2, 0.25) is 0 Å². The summed E-state index contributed by atoms with van der Waals surface area (Å²) in [5.41, 5.74) is 0.592. The zero-order valence-electron chi connectivity index (χ0n) is 7.83. The molecule has 0 aromatic carbocycles. The summed E-state index contributed by atoms with van der Waals surface area (Å²) < 4.78 is 0. The van der Waals surface area contributed by atoms with Crippen molar-refractivity contribution in [3.63, 3.8) is 0 Å². The topological polar surface area (TPSA) is 21.9 Å². The molecule has 1 N–H and O–H groups in total. The second kappa shape index (κ2) is 4.73. The number of nitrogens with one attached hydrogen (secondary N) is 1. The first-order chi connectivity index (χ1) is 4.83. The van der Waals surface area contributed by atoms with Crippen LogP contribution in [0.4, 0.5) is 0 Å². The normalized spacial score (nSPS) is 28.8. The molecule has 0 spiro atoms. The first-order valence-electron chi connectivity index (χ1n) is 4.58. The largest absolute Gasteiger partial charge is 0.308 e. The molecule has 1 nitrogen and oxygen atoms in total. The van der Waals surface area contributed by atoms with Gasteiger partial charge in [0.1, 0.15) is 0 Å². The van der Waals surface area contributed by atoms with Gasteiger partial charge in [0.05, 0.1) is 0 Å². The van der Waals surface area contributed by atoms with Crippen molar-refractivity contribution in [2.75, 3.05) is 6.54 Å². The molecule has 10 heavy (non-hydrogen) atoms. The molecule has 0 amide bonds. The van der Waals surface area contributed by atoms with Crippen molar-refractivity contribution in [3.8, 4) is 0 Å². The summed E-state index contributed by atoms with van der Waals surface area (Å²) in [5.74, 6) is 0. The average Bonchev–Trinajstić information content (AvgIpc) is 2.75. The van der Waals surface area contributed by atoms with Crippen LogP contribution in [0.1, 0.15) is 47.0 Å². The third-order valence-electron chi connectivity index (χ3n) is 2.08. The summed E-state index contributed by atoms with van der Waals surface area (Å²) in [6.07, 6.45) is 3.99. The van der Waals surface area contributed by atoms with Crippen LogP contribution in [0.2, 0.25) is 0 Å². The molecular formula is C9H21N. The van der Waals surface area contributed by atoms with Crippen molar-refractivity contribution >= 4 is 0 Å². The lowest BCUT2D eigenvalue weighted by Gasteiger charge is -2.06. The van der Waals surface area contributed by atoms with Crippen LogP contribution >= 0.6 is 0 Å². The fourth-order valence-corrected chi connectivity index (χ4v) is 1.21. The lowest BCUT2D eigenvalue weighted by atomic mass is 10.0. The molecule has 1 heteroatoms. The summed E-state index contributed by atoms with van der Waals surface area (Å²) >= 11 is 0. The van der Waals surface area contributed by atoms with Gasteiger partial charge in [-0.15, -0.1) is 0 Å². The van der Waals surface area contributed by atoms with Gasteiger partial charge < -0.3 is 5.32 Å². The van der Waals surface area contributed by atoms with Crippen LogP contribution in [-0.2, 0) is 0 Å². The lowest BCUT2D eigenvalue weighted by molar-refractivity contribution is 0.546. The van der Waals surface area contributed by atoms with Gasteiger partial charge in [-0.25, -0.2) is 0 Å². The van der Waals surface area contributed by atoms with E-state index in [1.165, 1.54) is 25.8 Å². The maximum Gasteiger partial charge on any atom is 0.0304 e. The van der Waals surface area contributed by atoms with Gasteiger partial charge in [-0.05, 0) is 12.8 Å². The fourth-order valence-electron chi connectivity index (χ4n) is 1.21. The highest BCUT2D eigenvalue weighted by Gasteiger charge is 2.38. The molecule has 0 radical (unpaired) electrons. The van der Waals surface area contributed by atoms with Crippen LogP contribution in [0, 0.1) is 0 Å². The van der Waals surface area contributed by atoms with Crippen LogP contribution in [0.25, 0.3) is 0 Å². The first kappa shape index (κ1) is 9.96. The second-order valence-electron chi connectivity index (χ2n) is 2.74. The van der Waals surface area contributed by atoms with Crippen molar-refractivity contribution in [1.82, 2.24) is 5.32 Å². The quantitative estimate of drug-likeness (QED) is 0.603. The van der Waals surface area contributed by atoms with E-state index in [0.29, 0.717) is 5.54 Å². The summed E-state index contributed by atoms with van der Waals surface area (Å²) in [6.45, 7) is 9.77. The molecule has 1 fully saturated rings. The maximum absolute atomic E-state index is 3.40. The molecule has 0 aliphatic carbocycles. The molecule has 0 bridgehead atoms. The Hall–Kier alpha value is -0.0400. The molecule has 1 atom stereocenters. The summed E-state index contributed by atoms with van der Waals surface area (Å²) in [4.78, 5) is 0. The molecule has 1 saturated heterocycles. The van der Waals surface area contributed by atoms with Crippen molar-refractivity contribution in [2.24, 2.45) is 0 Å². The van der Waals surface area contributed by atoms with Crippen LogP contribution < -0.4 is 5.32 Å². The molecule has 0 saturated carbocycles. The highest BCUT2D eigenvalue weighted by molar-refractivity contribution is 5.01. The minimum Gasteiger partial charge on any atom is -0.308 e. The SMILES string of the molecule is CC.CCCC1(CC)CN1. The molecule has 1 aliphatic heterocycles. The number of hydrogen-bond donors (Lipinski definition) is 1. The van der Waals surface area contributed by atoms with Crippen molar-refractivity contribution in [1.29, 1.82) is 0 Å². The Bertz CT molecular complexity index is 74.8. The minimum absolute atomic E-state index is 0.592. The molecule has 1 unspecified atom stereocenters. The van der Waals surface area contributed by atoms with E-state index in [9.17, 15) is 0 Å². The Morgan fingerprint density at radius 3 is 1.90 bits per heavy atom. The van der Waals surface area contributed by atoms with Gasteiger partial charge in [0, 0.05) is 12.1 Å². The zero-order valence-corrected chi connectivity index (χ0v) is 7.83. The third-order valence-corrected chi connectivity index (χ3v) is 2.08. The molecule has 1 rings (SSSR count). The van der Waals surface area contributed by atoms with E-state index in [1.54, 1.807) is 0 Å². The Morgan fingerprint density at radius 1 is 1.30 bits per heavy atom. The van der Waals surface area contributed by atoms with Crippen molar-refractivity contribution in [3.05, 3.63) is 0 Å². The smallest absolute Gasteiger partial charge is 0.0304 e. The Balaban J connectivity index is 0.000000371. The fraction of sp³-hybridized carbons (Fsp3) is 1.00. The first-order valence-corrected chi connectivity index (χ1v) is 4.58. The van der Waals surface area contributed by atoms with Crippen molar-refractivity contribution in [2.45, 2.75) is 52.5 Å². The van der Waals surface area contributed by atoms with E-state index < -0.39 is 0 Å². The maximum atomic E-state index is 3.40. The predicted octanol–water partition coefficient (Wildman–Crippen LogP) is 2.56. The Kier molecular flexibility index (Phi) is 4.71. The van der Waals surface area contributed by atoms with Crippen LogP contribution in [0.3, 0.4) is 0 Å².